The molecule has 0 bridgehead atoms. The summed E-state index contributed by atoms with van der Waals surface area (Å²) in [6.45, 7) is 2.25. The summed E-state index contributed by atoms with van der Waals surface area (Å²) in [5, 5.41) is 18.8. The van der Waals surface area contributed by atoms with Crippen LogP contribution in [0, 0.1) is 17.0 Å². The number of amides is 2. The Bertz CT molecular complexity index is 1190. The first kappa shape index (κ1) is 21.6. The Morgan fingerprint density at radius 1 is 1.22 bits per heavy atom. The van der Waals surface area contributed by atoms with E-state index in [4.69, 9.17) is 4.74 Å². The highest BCUT2D eigenvalue weighted by molar-refractivity contribution is 7.14. The normalized spacial score (nSPS) is 15.3. The van der Waals surface area contributed by atoms with Crippen molar-refractivity contribution in [1.29, 1.82) is 0 Å². The number of benzene rings is 2. The number of hydrogen-bond acceptors (Lipinski definition) is 7. The number of aromatic nitrogens is 1. The zero-order chi connectivity index (χ0) is 22.7. The van der Waals surface area contributed by atoms with Crippen LogP contribution in [0.1, 0.15) is 28.8 Å². The van der Waals surface area contributed by atoms with Crippen molar-refractivity contribution in [2.24, 2.45) is 0 Å². The second-order valence-electron chi connectivity index (χ2n) is 7.32. The highest BCUT2D eigenvalue weighted by Crippen LogP contribution is 2.29. The quantitative estimate of drug-likeness (QED) is 0.422. The second kappa shape index (κ2) is 9.25. The third-order valence-electron chi connectivity index (χ3n) is 5.04. The molecule has 10 heteroatoms. The number of nitro groups is 1. The number of carbonyl (C=O) groups excluding carboxylic acids is 2. The molecular weight excluding hydrogens is 432 g/mol. The fraction of sp³-hybridized carbons (Fsp3) is 0.227. The Morgan fingerprint density at radius 3 is 2.81 bits per heavy atom. The summed E-state index contributed by atoms with van der Waals surface area (Å²) in [6, 6.07) is 11.5. The van der Waals surface area contributed by atoms with Crippen LogP contribution in [0.5, 0.6) is 0 Å². The smallest absolute Gasteiger partial charge is 0.272 e. The third-order valence-corrected chi connectivity index (χ3v) is 5.80. The van der Waals surface area contributed by atoms with Crippen molar-refractivity contribution in [2.75, 3.05) is 17.2 Å². The molecule has 1 aliphatic rings. The third kappa shape index (κ3) is 4.82. The SMILES string of the molecule is Cc1ccc(-c2csc(NC(=O)c3cccc(NC(=O)C4CCCO4)c3)n2)cc1[N+](=O)[O-]. The van der Waals surface area contributed by atoms with Crippen LogP contribution in [-0.2, 0) is 9.53 Å². The van der Waals surface area contributed by atoms with E-state index in [1.165, 1.54) is 17.4 Å². The molecule has 2 N–H and O–H groups in total. The summed E-state index contributed by atoms with van der Waals surface area (Å²) in [6.07, 6.45) is 1.08. The van der Waals surface area contributed by atoms with Crippen molar-refractivity contribution in [3.05, 3.63) is 69.1 Å². The fourth-order valence-electron chi connectivity index (χ4n) is 3.34. The monoisotopic (exact) mass is 452 g/mol. The summed E-state index contributed by atoms with van der Waals surface area (Å²) in [5.74, 6) is -0.606. The van der Waals surface area contributed by atoms with E-state index in [1.807, 2.05) is 0 Å². The number of nitro benzene ring substituents is 1. The molecule has 1 aromatic heterocycles. The van der Waals surface area contributed by atoms with Crippen molar-refractivity contribution in [1.82, 2.24) is 4.98 Å². The zero-order valence-electron chi connectivity index (χ0n) is 17.2. The molecule has 0 radical (unpaired) electrons. The first-order valence-corrected chi connectivity index (χ1v) is 10.8. The topological polar surface area (TPSA) is 123 Å². The molecule has 2 aromatic carbocycles. The van der Waals surface area contributed by atoms with E-state index >= 15 is 0 Å². The number of nitrogens with one attached hydrogen (secondary N) is 2. The first-order chi connectivity index (χ1) is 15.4. The lowest BCUT2D eigenvalue weighted by molar-refractivity contribution is -0.385. The Hall–Kier alpha value is -3.63. The number of rotatable bonds is 6. The lowest BCUT2D eigenvalue weighted by atomic mass is 10.1. The van der Waals surface area contributed by atoms with Gasteiger partial charge in [0, 0.05) is 40.4 Å². The summed E-state index contributed by atoms with van der Waals surface area (Å²) in [5.41, 5.74) is 2.57. The van der Waals surface area contributed by atoms with Crippen molar-refractivity contribution in [3.63, 3.8) is 0 Å². The first-order valence-electron chi connectivity index (χ1n) is 9.95. The van der Waals surface area contributed by atoms with E-state index in [9.17, 15) is 19.7 Å². The number of aryl methyl sites for hydroxylation is 1. The van der Waals surface area contributed by atoms with Crippen LogP contribution in [0.25, 0.3) is 11.3 Å². The molecule has 1 unspecified atom stereocenters. The number of hydrogen-bond donors (Lipinski definition) is 2. The van der Waals surface area contributed by atoms with Crippen molar-refractivity contribution in [3.8, 4) is 11.3 Å². The summed E-state index contributed by atoms with van der Waals surface area (Å²) in [4.78, 5) is 40.0. The van der Waals surface area contributed by atoms with Gasteiger partial charge < -0.3 is 10.1 Å². The molecule has 1 aliphatic heterocycles. The molecule has 0 spiro atoms. The minimum absolute atomic E-state index is 0.0166. The molecule has 3 aromatic rings. The van der Waals surface area contributed by atoms with Gasteiger partial charge in [0.1, 0.15) is 6.10 Å². The van der Waals surface area contributed by atoms with Crippen LogP contribution >= 0.6 is 11.3 Å². The van der Waals surface area contributed by atoms with Crippen LogP contribution in [-0.4, -0.2) is 34.4 Å². The number of anilines is 2. The Morgan fingerprint density at radius 2 is 2.06 bits per heavy atom. The molecule has 4 rings (SSSR count). The maximum absolute atomic E-state index is 12.7. The van der Waals surface area contributed by atoms with Gasteiger partial charge >= 0.3 is 0 Å². The van der Waals surface area contributed by atoms with E-state index in [0.29, 0.717) is 46.2 Å². The summed E-state index contributed by atoms with van der Waals surface area (Å²) in [7, 11) is 0. The van der Waals surface area contributed by atoms with Crippen LogP contribution in [0.4, 0.5) is 16.5 Å². The largest absolute Gasteiger partial charge is 0.368 e. The molecule has 2 amide bonds. The molecule has 1 atom stereocenters. The van der Waals surface area contributed by atoms with E-state index < -0.39 is 11.0 Å². The van der Waals surface area contributed by atoms with Crippen LogP contribution in [0.15, 0.2) is 47.8 Å². The summed E-state index contributed by atoms with van der Waals surface area (Å²) < 4.78 is 5.37. The predicted octanol–water partition coefficient (Wildman–Crippen LogP) is 4.40. The van der Waals surface area contributed by atoms with Gasteiger partial charge in [-0.2, -0.15) is 0 Å². The number of ether oxygens (including phenoxy) is 1. The van der Waals surface area contributed by atoms with E-state index in [2.05, 4.69) is 15.6 Å². The van der Waals surface area contributed by atoms with Gasteiger partial charge in [-0.3, -0.25) is 25.0 Å². The molecule has 1 saturated heterocycles. The van der Waals surface area contributed by atoms with Crippen molar-refractivity contribution < 1.29 is 19.2 Å². The van der Waals surface area contributed by atoms with E-state index in [-0.39, 0.29) is 17.5 Å². The molecule has 164 valence electrons. The average Bonchev–Trinajstić information content (AvgIpc) is 3.46. The van der Waals surface area contributed by atoms with E-state index in [0.717, 1.165) is 6.42 Å². The Kier molecular flexibility index (Phi) is 6.24. The van der Waals surface area contributed by atoms with Crippen molar-refractivity contribution >= 4 is 39.7 Å². The van der Waals surface area contributed by atoms with Gasteiger partial charge in [0.25, 0.3) is 17.5 Å². The van der Waals surface area contributed by atoms with Gasteiger partial charge in [0.15, 0.2) is 5.13 Å². The molecule has 0 aliphatic carbocycles. The molecule has 2 heterocycles. The van der Waals surface area contributed by atoms with Gasteiger partial charge in [-0.1, -0.05) is 18.2 Å². The van der Waals surface area contributed by atoms with Crippen LogP contribution in [0.3, 0.4) is 0 Å². The number of thiazole rings is 1. The highest BCUT2D eigenvalue weighted by Gasteiger charge is 2.23. The fourth-order valence-corrected chi connectivity index (χ4v) is 4.06. The second-order valence-corrected chi connectivity index (χ2v) is 8.18. The molecule has 9 nitrogen and oxygen atoms in total. The summed E-state index contributed by atoms with van der Waals surface area (Å²) >= 11 is 1.22. The predicted molar refractivity (Wildman–Crippen MR) is 121 cm³/mol. The van der Waals surface area contributed by atoms with Gasteiger partial charge in [-0.05, 0) is 38.0 Å². The maximum Gasteiger partial charge on any atom is 0.272 e. The van der Waals surface area contributed by atoms with Crippen LogP contribution < -0.4 is 10.6 Å². The van der Waals surface area contributed by atoms with Gasteiger partial charge in [0.2, 0.25) is 0 Å². The van der Waals surface area contributed by atoms with Crippen LogP contribution in [0.2, 0.25) is 0 Å². The molecule has 1 fully saturated rings. The Balaban J connectivity index is 1.45. The maximum atomic E-state index is 12.7. The van der Waals surface area contributed by atoms with Gasteiger partial charge in [-0.15, -0.1) is 11.3 Å². The minimum atomic E-state index is -0.459. The van der Waals surface area contributed by atoms with Crippen molar-refractivity contribution in [2.45, 2.75) is 25.9 Å². The van der Waals surface area contributed by atoms with Gasteiger partial charge in [-0.25, -0.2) is 4.98 Å². The number of nitrogens with zero attached hydrogens (tertiary/aromatic N) is 2. The highest BCUT2D eigenvalue weighted by atomic mass is 32.1. The van der Waals surface area contributed by atoms with E-state index in [1.54, 1.807) is 48.7 Å². The number of carbonyl (C=O) groups is 2. The average molecular weight is 452 g/mol. The molecule has 32 heavy (non-hydrogen) atoms. The lowest BCUT2D eigenvalue weighted by Crippen LogP contribution is -2.27. The zero-order valence-corrected chi connectivity index (χ0v) is 18.0. The molecular formula is C22H20N4O5S. The minimum Gasteiger partial charge on any atom is -0.368 e. The molecule has 0 saturated carbocycles. The Labute approximate surface area is 187 Å². The lowest BCUT2D eigenvalue weighted by Gasteiger charge is -2.11. The van der Waals surface area contributed by atoms with Gasteiger partial charge in [0.05, 0.1) is 10.6 Å². The standard InChI is InChI=1S/C22H20N4O5S/c1-13-7-8-14(11-18(13)26(29)30)17-12-32-22(24-17)25-20(27)15-4-2-5-16(10-15)23-21(28)19-6-3-9-31-19/h2,4-5,7-8,10-12,19H,3,6,9H2,1H3,(H,23,28)(H,24,25,27).